The highest BCUT2D eigenvalue weighted by Gasteiger charge is 2.05. The summed E-state index contributed by atoms with van der Waals surface area (Å²) in [6.45, 7) is 4.17. The average Bonchev–Trinajstić information content (AvgIpc) is 2.82. The van der Waals surface area contributed by atoms with Crippen LogP contribution < -0.4 is 10.8 Å². The Hall–Kier alpha value is -1.88. The molecule has 0 aliphatic heterocycles. The Bertz CT molecular complexity index is 780. The zero-order chi connectivity index (χ0) is 23.6. The number of hydrogen-bond acceptors (Lipinski definition) is 3. The number of hydroxylamine groups is 1. The van der Waals surface area contributed by atoms with Crippen LogP contribution in [0.2, 0.25) is 5.02 Å². The Morgan fingerprint density at radius 1 is 0.848 bits per heavy atom. The molecule has 0 spiro atoms. The first-order valence-electron chi connectivity index (χ1n) is 12.6. The Morgan fingerprint density at radius 2 is 1.52 bits per heavy atom. The summed E-state index contributed by atoms with van der Waals surface area (Å²) in [6.07, 6.45) is 13.8. The molecule has 2 N–H and O–H groups in total. The van der Waals surface area contributed by atoms with Crippen molar-refractivity contribution in [2.24, 2.45) is 0 Å². The number of halogens is 1. The summed E-state index contributed by atoms with van der Waals surface area (Å²) < 4.78 is 0. The van der Waals surface area contributed by atoms with Gasteiger partial charge in [0.1, 0.15) is 0 Å². The summed E-state index contributed by atoms with van der Waals surface area (Å²) in [5.74, 6) is 0.00297. The number of carbonyl (C=O) groups is 1. The molecule has 0 saturated heterocycles. The predicted molar refractivity (Wildman–Crippen MR) is 139 cm³/mol. The van der Waals surface area contributed by atoms with Crippen LogP contribution in [-0.4, -0.2) is 19.1 Å². The molecule has 0 fully saturated rings. The SMILES string of the molecule is CCCCCCCCCCCCNC(=O)c1ccc(CNOCCc2cccc(Cl)c2)cc1. The number of carbonyl (C=O) groups excluding carboxylic acids is 1. The summed E-state index contributed by atoms with van der Waals surface area (Å²) in [4.78, 5) is 17.8. The Balaban J connectivity index is 1.49. The van der Waals surface area contributed by atoms with Crippen molar-refractivity contribution in [2.45, 2.75) is 84.1 Å². The molecule has 2 aromatic rings. The topological polar surface area (TPSA) is 50.4 Å². The number of benzene rings is 2. The number of unbranched alkanes of at least 4 members (excludes halogenated alkanes) is 9. The van der Waals surface area contributed by atoms with E-state index in [0.29, 0.717) is 18.7 Å². The van der Waals surface area contributed by atoms with Gasteiger partial charge in [0, 0.05) is 23.7 Å². The third-order valence-electron chi connectivity index (χ3n) is 5.79. The quantitative estimate of drug-likeness (QED) is 0.177. The predicted octanol–water partition coefficient (Wildman–Crippen LogP) is 7.25. The molecular formula is C28H41ClN2O2. The molecule has 0 saturated carbocycles. The Morgan fingerprint density at radius 3 is 2.18 bits per heavy atom. The highest BCUT2D eigenvalue weighted by atomic mass is 35.5. The summed E-state index contributed by atoms with van der Waals surface area (Å²) in [7, 11) is 0. The van der Waals surface area contributed by atoms with E-state index in [0.717, 1.165) is 35.5 Å². The minimum atomic E-state index is 0.00297. The summed E-state index contributed by atoms with van der Waals surface area (Å²) in [6, 6.07) is 15.5. The van der Waals surface area contributed by atoms with E-state index in [1.54, 1.807) is 0 Å². The van der Waals surface area contributed by atoms with Gasteiger partial charge in [0.15, 0.2) is 0 Å². The lowest BCUT2D eigenvalue weighted by molar-refractivity contribution is 0.0387. The monoisotopic (exact) mass is 472 g/mol. The molecule has 182 valence electrons. The smallest absolute Gasteiger partial charge is 0.251 e. The molecule has 0 radical (unpaired) electrons. The van der Waals surface area contributed by atoms with Gasteiger partial charge in [0.25, 0.3) is 5.91 Å². The van der Waals surface area contributed by atoms with E-state index in [4.69, 9.17) is 16.4 Å². The molecule has 0 heterocycles. The summed E-state index contributed by atoms with van der Waals surface area (Å²) >= 11 is 5.99. The van der Waals surface area contributed by atoms with Gasteiger partial charge in [-0.1, -0.05) is 101 Å². The van der Waals surface area contributed by atoms with E-state index >= 15 is 0 Å². The average molecular weight is 473 g/mol. The molecule has 0 aliphatic rings. The van der Waals surface area contributed by atoms with Crippen LogP contribution in [0.15, 0.2) is 48.5 Å². The molecular weight excluding hydrogens is 432 g/mol. The van der Waals surface area contributed by atoms with Gasteiger partial charge in [-0.25, -0.2) is 0 Å². The van der Waals surface area contributed by atoms with Crippen molar-refractivity contribution in [3.63, 3.8) is 0 Å². The van der Waals surface area contributed by atoms with E-state index in [1.807, 2.05) is 48.5 Å². The first kappa shape index (κ1) is 27.4. The second-order valence-electron chi connectivity index (χ2n) is 8.68. The maximum absolute atomic E-state index is 12.3. The normalized spacial score (nSPS) is 11.0. The van der Waals surface area contributed by atoms with Crippen molar-refractivity contribution >= 4 is 17.5 Å². The van der Waals surface area contributed by atoms with Crippen molar-refractivity contribution in [2.75, 3.05) is 13.2 Å². The zero-order valence-corrected chi connectivity index (χ0v) is 21.0. The molecule has 0 aromatic heterocycles. The number of rotatable bonds is 18. The van der Waals surface area contributed by atoms with Gasteiger partial charge < -0.3 is 10.2 Å². The van der Waals surface area contributed by atoms with Crippen molar-refractivity contribution in [3.05, 3.63) is 70.2 Å². The standard InChI is InChI=1S/C28H41ClN2O2/c1-2-3-4-5-6-7-8-9-10-11-20-30-28(32)26-17-15-25(16-18-26)23-31-33-21-19-24-13-12-14-27(29)22-24/h12-18,22,31H,2-11,19-21,23H2,1H3,(H,30,32). The zero-order valence-electron chi connectivity index (χ0n) is 20.2. The van der Waals surface area contributed by atoms with Crippen LogP contribution in [0, 0.1) is 0 Å². The molecule has 0 aliphatic carbocycles. The molecule has 2 aromatic carbocycles. The van der Waals surface area contributed by atoms with Gasteiger partial charge in [0.2, 0.25) is 0 Å². The lowest BCUT2D eigenvalue weighted by Gasteiger charge is -2.08. The van der Waals surface area contributed by atoms with Gasteiger partial charge in [-0.3, -0.25) is 4.79 Å². The van der Waals surface area contributed by atoms with Crippen LogP contribution in [0.3, 0.4) is 0 Å². The first-order chi connectivity index (χ1) is 16.2. The molecule has 33 heavy (non-hydrogen) atoms. The minimum Gasteiger partial charge on any atom is -0.352 e. The second-order valence-corrected chi connectivity index (χ2v) is 9.12. The molecule has 5 heteroatoms. The van der Waals surface area contributed by atoms with Crippen LogP contribution in [0.4, 0.5) is 0 Å². The fourth-order valence-corrected chi connectivity index (χ4v) is 3.97. The first-order valence-corrected chi connectivity index (χ1v) is 13.0. The van der Waals surface area contributed by atoms with Gasteiger partial charge >= 0.3 is 0 Å². The second kappa shape index (κ2) is 17.6. The third-order valence-corrected chi connectivity index (χ3v) is 6.03. The van der Waals surface area contributed by atoms with Gasteiger partial charge in [-0.2, -0.15) is 5.48 Å². The Labute approximate surface area is 205 Å². The van der Waals surface area contributed by atoms with Crippen LogP contribution >= 0.6 is 11.6 Å². The van der Waals surface area contributed by atoms with Crippen LogP contribution in [0.5, 0.6) is 0 Å². The largest absolute Gasteiger partial charge is 0.352 e. The molecule has 4 nitrogen and oxygen atoms in total. The van der Waals surface area contributed by atoms with E-state index in [-0.39, 0.29) is 5.91 Å². The minimum absolute atomic E-state index is 0.00297. The van der Waals surface area contributed by atoms with Crippen molar-refractivity contribution in [1.82, 2.24) is 10.8 Å². The highest BCUT2D eigenvalue weighted by molar-refractivity contribution is 6.30. The van der Waals surface area contributed by atoms with E-state index < -0.39 is 0 Å². The van der Waals surface area contributed by atoms with Crippen LogP contribution in [0.25, 0.3) is 0 Å². The summed E-state index contributed by atoms with van der Waals surface area (Å²) in [5, 5.41) is 3.78. The third kappa shape index (κ3) is 12.8. The maximum Gasteiger partial charge on any atom is 0.251 e. The fraction of sp³-hybridized carbons (Fsp3) is 0.536. The number of amides is 1. The number of hydrogen-bond donors (Lipinski definition) is 2. The van der Waals surface area contributed by atoms with E-state index in [1.165, 1.54) is 57.8 Å². The van der Waals surface area contributed by atoms with Crippen molar-refractivity contribution in [3.8, 4) is 0 Å². The Kier molecular flexibility index (Phi) is 14.6. The van der Waals surface area contributed by atoms with Gasteiger partial charge in [-0.15, -0.1) is 0 Å². The van der Waals surface area contributed by atoms with Crippen molar-refractivity contribution in [1.29, 1.82) is 0 Å². The van der Waals surface area contributed by atoms with Gasteiger partial charge in [0.05, 0.1) is 6.61 Å². The molecule has 2 rings (SSSR count). The number of nitrogens with one attached hydrogen (secondary N) is 2. The van der Waals surface area contributed by atoms with Gasteiger partial charge in [-0.05, 0) is 48.2 Å². The van der Waals surface area contributed by atoms with E-state index in [9.17, 15) is 4.79 Å². The lowest BCUT2D eigenvalue weighted by atomic mass is 10.1. The highest BCUT2D eigenvalue weighted by Crippen LogP contribution is 2.12. The molecule has 0 bridgehead atoms. The van der Waals surface area contributed by atoms with E-state index in [2.05, 4.69) is 17.7 Å². The molecule has 1 amide bonds. The summed E-state index contributed by atoms with van der Waals surface area (Å²) in [5.41, 5.74) is 5.90. The van der Waals surface area contributed by atoms with Crippen LogP contribution in [0.1, 0.15) is 92.6 Å². The maximum atomic E-state index is 12.3. The molecule has 0 atom stereocenters. The fourth-order valence-electron chi connectivity index (χ4n) is 3.76. The lowest BCUT2D eigenvalue weighted by Crippen LogP contribution is -2.24. The molecule has 0 unspecified atom stereocenters. The van der Waals surface area contributed by atoms with Crippen LogP contribution in [-0.2, 0) is 17.8 Å². The van der Waals surface area contributed by atoms with Crippen molar-refractivity contribution < 1.29 is 9.63 Å².